The van der Waals surface area contributed by atoms with Crippen molar-refractivity contribution in [3.05, 3.63) is 21.6 Å². The summed E-state index contributed by atoms with van der Waals surface area (Å²) in [6, 6.07) is 1.81. The van der Waals surface area contributed by atoms with Gasteiger partial charge >= 0.3 is 0 Å². The molecule has 0 amide bonds. The van der Waals surface area contributed by atoms with Crippen molar-refractivity contribution in [3.63, 3.8) is 0 Å². The van der Waals surface area contributed by atoms with Crippen LogP contribution in [0.3, 0.4) is 0 Å². The number of pyridine rings is 1. The molecule has 0 atom stereocenters. The largest absolute Gasteiger partial charge is 0.329 e. The molecule has 0 radical (unpaired) electrons. The smallest absolute Gasteiger partial charge is 0.176 e. The number of aromatic amines is 2. The minimum absolute atomic E-state index is 0.569. The van der Waals surface area contributed by atoms with Gasteiger partial charge in [0.15, 0.2) is 10.4 Å². The van der Waals surface area contributed by atoms with Crippen LogP contribution in [-0.2, 0) is 0 Å². The molecule has 3 nitrogen and oxygen atoms in total. The average Bonchev–Trinajstić information content (AvgIpc) is 2.30. The molecule has 0 spiro atoms. The third-order valence-electron chi connectivity index (χ3n) is 1.63. The van der Waals surface area contributed by atoms with E-state index < -0.39 is 0 Å². The highest BCUT2D eigenvalue weighted by Gasteiger charge is 2.01. The molecule has 0 aliphatic heterocycles. The lowest BCUT2D eigenvalue weighted by molar-refractivity contribution is 1.21. The maximum atomic E-state index is 5.87. The minimum atomic E-state index is 0.569. The Morgan fingerprint density at radius 1 is 1.50 bits per heavy atom. The first-order valence-electron chi connectivity index (χ1n) is 3.42. The van der Waals surface area contributed by atoms with Gasteiger partial charge in [0.25, 0.3) is 0 Å². The molecule has 2 aromatic rings. The van der Waals surface area contributed by atoms with Gasteiger partial charge in [-0.05, 0) is 25.2 Å². The zero-order chi connectivity index (χ0) is 8.72. The van der Waals surface area contributed by atoms with E-state index in [-0.39, 0.29) is 0 Å². The van der Waals surface area contributed by atoms with Gasteiger partial charge in [-0.15, -0.1) is 0 Å². The zero-order valence-electron chi connectivity index (χ0n) is 6.31. The van der Waals surface area contributed by atoms with E-state index in [4.69, 9.17) is 23.8 Å². The van der Waals surface area contributed by atoms with Crippen LogP contribution in [0.25, 0.3) is 11.2 Å². The molecule has 2 heterocycles. The van der Waals surface area contributed by atoms with Gasteiger partial charge in [0.2, 0.25) is 0 Å². The molecule has 0 unspecified atom stereocenters. The minimum Gasteiger partial charge on any atom is -0.329 e. The highest BCUT2D eigenvalue weighted by Crippen LogP contribution is 2.17. The number of hydrogen-bond acceptors (Lipinski definition) is 2. The molecule has 0 aliphatic rings. The van der Waals surface area contributed by atoms with Crippen LogP contribution in [0.15, 0.2) is 6.07 Å². The third-order valence-corrected chi connectivity index (χ3v) is 2.22. The summed E-state index contributed by atoms with van der Waals surface area (Å²) in [6.45, 7) is 1.85. The molecule has 12 heavy (non-hydrogen) atoms. The molecule has 5 heteroatoms. The molecule has 0 bridgehead atoms. The van der Waals surface area contributed by atoms with Crippen molar-refractivity contribution in [1.82, 2.24) is 15.0 Å². The first kappa shape index (κ1) is 7.76. The fraction of sp³-hybridized carbons (Fsp3) is 0.143. The second kappa shape index (κ2) is 2.57. The molecule has 2 aromatic heterocycles. The Balaban J connectivity index is 2.92. The molecule has 0 saturated heterocycles. The molecule has 0 saturated carbocycles. The predicted octanol–water partition coefficient (Wildman–Crippen LogP) is 2.58. The number of H-pyrrole nitrogens is 2. The van der Waals surface area contributed by atoms with E-state index in [1.165, 1.54) is 0 Å². The topological polar surface area (TPSA) is 44.5 Å². The van der Waals surface area contributed by atoms with Crippen molar-refractivity contribution in [2.45, 2.75) is 6.92 Å². The number of nitrogens with zero attached hydrogens (tertiary/aromatic N) is 1. The summed E-state index contributed by atoms with van der Waals surface area (Å²) in [5.41, 5.74) is 2.40. The van der Waals surface area contributed by atoms with Gasteiger partial charge in [0.05, 0.1) is 16.2 Å². The van der Waals surface area contributed by atoms with Crippen molar-refractivity contribution in [1.29, 1.82) is 0 Å². The Hall–Kier alpha value is -0.870. The van der Waals surface area contributed by atoms with Crippen molar-refractivity contribution < 1.29 is 0 Å². The summed E-state index contributed by atoms with van der Waals surface area (Å²) in [7, 11) is 0. The fourth-order valence-electron chi connectivity index (χ4n) is 1.03. The molecule has 0 fully saturated rings. The fourth-order valence-corrected chi connectivity index (χ4v) is 1.39. The molecular formula is C7H6ClN3S. The predicted molar refractivity (Wildman–Crippen MR) is 51.0 cm³/mol. The standard InChI is InChI=1S/C7H6ClN3S/c1-3-4(8)2-5-6(9-3)11-7(12)10-5/h2H,1H3,(H2,9,10,11,12). The number of nitrogens with one attached hydrogen (secondary N) is 2. The Labute approximate surface area is 78.8 Å². The van der Waals surface area contributed by atoms with E-state index in [1.807, 2.05) is 13.0 Å². The number of hydrogen-bond donors (Lipinski definition) is 2. The summed E-state index contributed by atoms with van der Waals surface area (Å²) in [6.07, 6.45) is 0. The van der Waals surface area contributed by atoms with Crippen LogP contribution in [0.1, 0.15) is 5.69 Å². The molecule has 62 valence electrons. The Kier molecular flexibility index (Phi) is 1.66. The van der Waals surface area contributed by atoms with Gasteiger partial charge in [-0.1, -0.05) is 11.6 Å². The first-order valence-corrected chi connectivity index (χ1v) is 4.20. The Morgan fingerprint density at radius 3 is 3.00 bits per heavy atom. The van der Waals surface area contributed by atoms with Crippen LogP contribution in [0.4, 0.5) is 0 Å². The monoisotopic (exact) mass is 199 g/mol. The van der Waals surface area contributed by atoms with Crippen LogP contribution in [0.2, 0.25) is 5.02 Å². The normalized spacial score (nSPS) is 10.8. The number of aromatic nitrogens is 3. The Morgan fingerprint density at radius 2 is 2.25 bits per heavy atom. The van der Waals surface area contributed by atoms with E-state index in [2.05, 4.69) is 15.0 Å². The highest BCUT2D eigenvalue weighted by atomic mass is 35.5. The van der Waals surface area contributed by atoms with Crippen LogP contribution < -0.4 is 0 Å². The van der Waals surface area contributed by atoms with E-state index in [1.54, 1.807) is 0 Å². The SMILES string of the molecule is Cc1nc2[nH]c(=S)[nH]c2cc1Cl. The molecular weight excluding hydrogens is 194 g/mol. The maximum Gasteiger partial charge on any atom is 0.176 e. The van der Waals surface area contributed by atoms with Crippen LogP contribution >= 0.6 is 23.8 Å². The van der Waals surface area contributed by atoms with Gasteiger partial charge in [-0.3, -0.25) is 0 Å². The summed E-state index contributed by atoms with van der Waals surface area (Å²) >= 11 is 10.8. The maximum absolute atomic E-state index is 5.87. The summed E-state index contributed by atoms with van der Waals surface area (Å²) in [5.74, 6) is 0. The quantitative estimate of drug-likeness (QED) is 0.641. The summed E-state index contributed by atoms with van der Waals surface area (Å²) in [4.78, 5) is 10.1. The molecule has 2 rings (SSSR count). The van der Waals surface area contributed by atoms with Gasteiger partial charge in [-0.2, -0.15) is 0 Å². The molecule has 0 aromatic carbocycles. The van der Waals surface area contributed by atoms with Crippen LogP contribution in [-0.4, -0.2) is 15.0 Å². The van der Waals surface area contributed by atoms with E-state index in [0.717, 1.165) is 16.9 Å². The second-order valence-corrected chi connectivity index (χ2v) is 3.35. The lowest BCUT2D eigenvalue weighted by Gasteiger charge is -1.94. The highest BCUT2D eigenvalue weighted by molar-refractivity contribution is 7.71. The van der Waals surface area contributed by atoms with Crippen LogP contribution in [0.5, 0.6) is 0 Å². The molecule has 0 aliphatic carbocycles. The lowest BCUT2D eigenvalue weighted by atomic mass is 10.3. The summed E-state index contributed by atoms with van der Waals surface area (Å²) in [5, 5.41) is 0.646. The first-order chi connectivity index (χ1) is 5.66. The van der Waals surface area contributed by atoms with E-state index in [0.29, 0.717) is 9.79 Å². The third kappa shape index (κ3) is 1.13. The van der Waals surface area contributed by atoms with E-state index >= 15 is 0 Å². The second-order valence-electron chi connectivity index (χ2n) is 2.53. The van der Waals surface area contributed by atoms with Crippen LogP contribution in [0, 0.1) is 11.7 Å². The number of fused-ring (bicyclic) bond motifs is 1. The van der Waals surface area contributed by atoms with Gasteiger partial charge < -0.3 is 9.97 Å². The lowest BCUT2D eigenvalue weighted by Crippen LogP contribution is -1.83. The number of imidazole rings is 1. The van der Waals surface area contributed by atoms with Gasteiger partial charge in [0.1, 0.15) is 0 Å². The van der Waals surface area contributed by atoms with Crippen molar-refractivity contribution in [3.8, 4) is 0 Å². The van der Waals surface area contributed by atoms with Gasteiger partial charge in [0, 0.05) is 0 Å². The number of aryl methyl sites for hydroxylation is 1. The Bertz CT molecular complexity index is 443. The number of rotatable bonds is 0. The van der Waals surface area contributed by atoms with Gasteiger partial charge in [-0.25, -0.2) is 4.98 Å². The van der Waals surface area contributed by atoms with Crippen molar-refractivity contribution in [2.24, 2.45) is 0 Å². The van der Waals surface area contributed by atoms with Crippen molar-refractivity contribution >= 4 is 35.0 Å². The van der Waals surface area contributed by atoms with Crippen molar-refractivity contribution in [2.75, 3.05) is 0 Å². The number of halogens is 1. The average molecular weight is 200 g/mol. The van der Waals surface area contributed by atoms with E-state index in [9.17, 15) is 0 Å². The zero-order valence-corrected chi connectivity index (χ0v) is 7.88. The molecule has 2 N–H and O–H groups in total. The summed E-state index contributed by atoms with van der Waals surface area (Å²) < 4.78 is 0.569.